The van der Waals surface area contributed by atoms with E-state index in [-0.39, 0.29) is 6.10 Å². The summed E-state index contributed by atoms with van der Waals surface area (Å²) in [6, 6.07) is 10.4. The van der Waals surface area contributed by atoms with E-state index >= 15 is 0 Å². The molecule has 0 atom stereocenters. The highest BCUT2D eigenvalue weighted by Crippen LogP contribution is 2.09. The molecule has 3 nitrogen and oxygen atoms in total. The summed E-state index contributed by atoms with van der Waals surface area (Å²) in [5.74, 6) is -1.09. The van der Waals surface area contributed by atoms with Crippen molar-refractivity contribution in [2.75, 3.05) is 0 Å². The summed E-state index contributed by atoms with van der Waals surface area (Å²) in [6.45, 7) is 3.49. The average Bonchev–Trinajstić information content (AvgIpc) is 2.42. The number of aryl methyl sites for hydroxylation is 1. The van der Waals surface area contributed by atoms with Crippen molar-refractivity contribution in [2.45, 2.75) is 58.5 Å². The van der Waals surface area contributed by atoms with Gasteiger partial charge in [0.05, 0.1) is 6.10 Å². The third-order valence-corrected chi connectivity index (χ3v) is 3.03. The number of ether oxygens (including phenoxy) is 1. The molecular formula is C17H24O3. The summed E-state index contributed by atoms with van der Waals surface area (Å²) in [5, 5.41) is 0. The molecule has 0 N–H and O–H groups in total. The van der Waals surface area contributed by atoms with Crippen LogP contribution in [0.15, 0.2) is 30.3 Å². The fraction of sp³-hybridized carbons (Fsp3) is 0.529. The highest BCUT2D eigenvalue weighted by atomic mass is 16.5. The molecule has 0 heterocycles. The van der Waals surface area contributed by atoms with Crippen LogP contribution in [0, 0.1) is 0 Å². The lowest BCUT2D eigenvalue weighted by atomic mass is 10.0. The Morgan fingerprint density at radius 2 is 1.65 bits per heavy atom. The van der Waals surface area contributed by atoms with Crippen LogP contribution in [0.2, 0.25) is 0 Å². The lowest BCUT2D eigenvalue weighted by molar-refractivity contribution is -0.156. The molecule has 3 heteroatoms. The molecule has 1 aromatic carbocycles. The standard InChI is InChI=1S/C17H24O3/c1-14(2)20-17(19)16(18)13-9-4-3-6-10-15-11-7-5-8-12-15/h5,7-8,11-12,14H,3-4,6,9-10,13H2,1-2H3. The highest BCUT2D eigenvalue weighted by molar-refractivity contribution is 6.33. The molecule has 0 saturated heterocycles. The number of ketones is 1. The topological polar surface area (TPSA) is 43.4 Å². The summed E-state index contributed by atoms with van der Waals surface area (Å²) < 4.78 is 4.86. The number of esters is 1. The minimum absolute atomic E-state index is 0.225. The smallest absolute Gasteiger partial charge is 0.374 e. The molecule has 0 amide bonds. The van der Waals surface area contributed by atoms with Gasteiger partial charge >= 0.3 is 5.97 Å². The van der Waals surface area contributed by atoms with Gasteiger partial charge < -0.3 is 4.74 Å². The van der Waals surface area contributed by atoms with Crippen molar-refractivity contribution < 1.29 is 14.3 Å². The molecule has 0 saturated carbocycles. The quantitative estimate of drug-likeness (QED) is 0.392. The van der Waals surface area contributed by atoms with Crippen LogP contribution in [0.4, 0.5) is 0 Å². The van der Waals surface area contributed by atoms with Crippen LogP contribution in [0.3, 0.4) is 0 Å². The molecule has 1 aromatic rings. The molecule has 20 heavy (non-hydrogen) atoms. The first kappa shape index (κ1) is 16.4. The molecule has 0 aliphatic heterocycles. The zero-order valence-corrected chi connectivity index (χ0v) is 12.4. The summed E-state index contributed by atoms with van der Waals surface area (Å²) in [4.78, 5) is 22.7. The Bertz CT molecular complexity index is 410. The second kappa shape index (κ2) is 9.29. The molecule has 0 spiro atoms. The van der Waals surface area contributed by atoms with Gasteiger partial charge in [0.25, 0.3) is 0 Å². The van der Waals surface area contributed by atoms with Crippen LogP contribution >= 0.6 is 0 Å². The van der Waals surface area contributed by atoms with Crippen LogP contribution in [0.5, 0.6) is 0 Å². The second-order valence-electron chi connectivity index (χ2n) is 5.28. The Hall–Kier alpha value is -1.64. The number of hydrogen-bond donors (Lipinski definition) is 0. The summed E-state index contributed by atoms with van der Waals surface area (Å²) in [5.41, 5.74) is 1.35. The van der Waals surface area contributed by atoms with Gasteiger partial charge in [-0.1, -0.05) is 43.2 Å². The monoisotopic (exact) mass is 276 g/mol. The SMILES string of the molecule is CC(C)OC(=O)C(=O)CCCCCCc1ccccc1. The summed E-state index contributed by atoms with van der Waals surface area (Å²) in [7, 11) is 0. The van der Waals surface area contributed by atoms with Crippen LogP contribution < -0.4 is 0 Å². The van der Waals surface area contributed by atoms with Gasteiger partial charge in [-0.2, -0.15) is 0 Å². The fourth-order valence-electron chi connectivity index (χ4n) is 1.99. The van der Waals surface area contributed by atoms with Crippen molar-refractivity contribution in [1.29, 1.82) is 0 Å². The van der Waals surface area contributed by atoms with E-state index in [1.807, 2.05) is 18.2 Å². The molecule has 1 rings (SSSR count). The predicted octanol–water partition coefficient (Wildman–Crippen LogP) is 3.70. The van der Waals surface area contributed by atoms with E-state index in [4.69, 9.17) is 4.74 Å². The van der Waals surface area contributed by atoms with Crippen molar-refractivity contribution >= 4 is 11.8 Å². The minimum atomic E-state index is -0.690. The second-order valence-corrected chi connectivity index (χ2v) is 5.28. The number of rotatable bonds is 9. The predicted molar refractivity (Wildman–Crippen MR) is 79.5 cm³/mol. The van der Waals surface area contributed by atoms with Crippen LogP contribution in [-0.4, -0.2) is 17.9 Å². The van der Waals surface area contributed by atoms with Gasteiger partial charge in [0.2, 0.25) is 5.78 Å². The van der Waals surface area contributed by atoms with E-state index in [0.29, 0.717) is 6.42 Å². The Morgan fingerprint density at radius 1 is 1.00 bits per heavy atom. The van der Waals surface area contributed by atoms with Crippen molar-refractivity contribution in [3.63, 3.8) is 0 Å². The van der Waals surface area contributed by atoms with Crippen LogP contribution in [0.25, 0.3) is 0 Å². The van der Waals surface area contributed by atoms with Gasteiger partial charge in [0, 0.05) is 6.42 Å². The Morgan fingerprint density at radius 3 is 2.30 bits per heavy atom. The molecular weight excluding hydrogens is 252 g/mol. The zero-order valence-electron chi connectivity index (χ0n) is 12.4. The largest absolute Gasteiger partial charge is 0.457 e. The number of carbonyl (C=O) groups is 2. The van der Waals surface area contributed by atoms with Crippen molar-refractivity contribution in [2.24, 2.45) is 0 Å². The highest BCUT2D eigenvalue weighted by Gasteiger charge is 2.15. The third kappa shape index (κ3) is 7.07. The summed E-state index contributed by atoms with van der Waals surface area (Å²) >= 11 is 0. The maximum Gasteiger partial charge on any atom is 0.374 e. The fourth-order valence-corrected chi connectivity index (χ4v) is 1.99. The lowest BCUT2D eigenvalue weighted by Crippen LogP contribution is -2.20. The van der Waals surface area contributed by atoms with Gasteiger partial charge in [-0.3, -0.25) is 4.79 Å². The molecule has 0 fully saturated rings. The maximum atomic E-state index is 11.5. The molecule has 0 unspecified atom stereocenters. The summed E-state index contributed by atoms with van der Waals surface area (Å²) in [6.07, 6.45) is 5.10. The maximum absolute atomic E-state index is 11.5. The lowest BCUT2D eigenvalue weighted by Gasteiger charge is -2.06. The van der Waals surface area contributed by atoms with Gasteiger partial charge in [-0.15, -0.1) is 0 Å². The van der Waals surface area contributed by atoms with E-state index in [9.17, 15) is 9.59 Å². The van der Waals surface area contributed by atoms with Crippen molar-refractivity contribution in [3.05, 3.63) is 35.9 Å². The number of hydrogen-bond acceptors (Lipinski definition) is 3. The van der Waals surface area contributed by atoms with Gasteiger partial charge in [0.1, 0.15) is 0 Å². The van der Waals surface area contributed by atoms with E-state index < -0.39 is 11.8 Å². The molecule has 0 aliphatic rings. The Labute approximate surface area is 121 Å². The first-order valence-corrected chi connectivity index (χ1v) is 7.37. The zero-order chi connectivity index (χ0) is 14.8. The number of Topliss-reactive ketones (excluding diaryl/α,β-unsaturated/α-hetero) is 1. The van der Waals surface area contributed by atoms with Gasteiger partial charge in [-0.05, 0) is 38.7 Å². The van der Waals surface area contributed by atoms with Crippen LogP contribution in [-0.2, 0) is 20.7 Å². The normalized spacial score (nSPS) is 10.6. The first-order valence-electron chi connectivity index (χ1n) is 7.37. The molecule has 110 valence electrons. The van der Waals surface area contributed by atoms with E-state index in [2.05, 4.69) is 12.1 Å². The number of unbranched alkanes of at least 4 members (excludes halogenated alkanes) is 3. The van der Waals surface area contributed by atoms with Gasteiger partial charge in [0.15, 0.2) is 0 Å². The van der Waals surface area contributed by atoms with Crippen molar-refractivity contribution in [3.8, 4) is 0 Å². The molecule has 0 aromatic heterocycles. The van der Waals surface area contributed by atoms with E-state index in [1.54, 1.807) is 13.8 Å². The third-order valence-electron chi connectivity index (χ3n) is 3.03. The molecule has 0 radical (unpaired) electrons. The van der Waals surface area contributed by atoms with E-state index in [0.717, 1.165) is 32.1 Å². The Kier molecular flexibility index (Phi) is 7.63. The van der Waals surface area contributed by atoms with Gasteiger partial charge in [-0.25, -0.2) is 4.79 Å². The van der Waals surface area contributed by atoms with Crippen LogP contribution in [0.1, 0.15) is 51.5 Å². The number of benzene rings is 1. The molecule has 0 bridgehead atoms. The van der Waals surface area contributed by atoms with Crippen molar-refractivity contribution in [1.82, 2.24) is 0 Å². The van der Waals surface area contributed by atoms with E-state index in [1.165, 1.54) is 5.56 Å². The minimum Gasteiger partial charge on any atom is -0.457 e. The average molecular weight is 276 g/mol. The first-order chi connectivity index (χ1) is 9.59. The Balaban J connectivity index is 2.04. The number of carbonyl (C=O) groups excluding carboxylic acids is 2. The molecule has 0 aliphatic carbocycles.